The number of rotatable bonds is 3. The first kappa shape index (κ1) is 13.4. The Morgan fingerprint density at radius 2 is 2.11 bits per heavy atom. The second-order valence-corrected chi connectivity index (χ2v) is 7.00. The molecule has 2 atom stereocenters. The van der Waals surface area contributed by atoms with E-state index in [2.05, 4.69) is 0 Å². The quantitative estimate of drug-likeness (QED) is 0.903. The molecule has 1 aliphatic heterocycles. The molecule has 2 unspecified atom stereocenters. The second kappa shape index (κ2) is 4.93. The van der Waals surface area contributed by atoms with E-state index in [9.17, 15) is 17.2 Å². The predicted octanol–water partition coefficient (Wildman–Crippen LogP) is 1.27. The molecule has 1 aromatic rings. The largest absolute Gasteiger partial charge is 0.327 e. The first-order chi connectivity index (χ1) is 8.37. The number of halogens is 2. The highest BCUT2D eigenvalue weighted by Crippen LogP contribution is 2.23. The van der Waals surface area contributed by atoms with E-state index in [1.54, 1.807) is 0 Å². The number of benzene rings is 1. The minimum absolute atomic E-state index is 0.0664. The van der Waals surface area contributed by atoms with Crippen molar-refractivity contribution in [3.8, 4) is 0 Å². The molecule has 1 aliphatic rings. The van der Waals surface area contributed by atoms with Gasteiger partial charge in [0, 0.05) is 12.1 Å². The van der Waals surface area contributed by atoms with Crippen molar-refractivity contribution < 1.29 is 17.2 Å². The van der Waals surface area contributed by atoms with Crippen LogP contribution in [-0.2, 0) is 16.3 Å². The van der Waals surface area contributed by atoms with Crippen LogP contribution in [0.4, 0.5) is 8.78 Å². The molecule has 100 valence electrons. The first-order valence-corrected chi connectivity index (χ1v) is 7.59. The number of nitrogens with two attached hydrogens (primary N) is 1. The van der Waals surface area contributed by atoms with E-state index in [1.807, 2.05) is 0 Å². The van der Waals surface area contributed by atoms with Gasteiger partial charge in [0.15, 0.2) is 9.84 Å². The summed E-state index contributed by atoms with van der Waals surface area (Å²) in [5.74, 6) is -1.19. The van der Waals surface area contributed by atoms with Gasteiger partial charge in [-0.3, -0.25) is 0 Å². The summed E-state index contributed by atoms with van der Waals surface area (Å²) >= 11 is 0. The Hall–Kier alpha value is -1.01. The summed E-state index contributed by atoms with van der Waals surface area (Å²) in [7, 11) is -2.98. The fourth-order valence-electron chi connectivity index (χ4n) is 2.27. The lowest BCUT2D eigenvalue weighted by Gasteiger charge is -2.18. The van der Waals surface area contributed by atoms with Gasteiger partial charge in [0.1, 0.15) is 11.6 Å². The lowest BCUT2D eigenvalue weighted by atomic mass is 9.94. The molecule has 18 heavy (non-hydrogen) atoms. The number of hydrogen-bond acceptors (Lipinski definition) is 3. The van der Waals surface area contributed by atoms with Gasteiger partial charge in [-0.2, -0.15) is 0 Å². The highest BCUT2D eigenvalue weighted by molar-refractivity contribution is 7.91. The number of hydrogen-bond donors (Lipinski definition) is 1. The summed E-state index contributed by atoms with van der Waals surface area (Å²) in [5.41, 5.74) is 6.24. The van der Waals surface area contributed by atoms with Crippen LogP contribution in [0, 0.1) is 17.6 Å². The molecule has 3 nitrogen and oxygen atoms in total. The molecule has 0 amide bonds. The van der Waals surface area contributed by atoms with E-state index in [0.29, 0.717) is 12.0 Å². The second-order valence-electron chi connectivity index (χ2n) is 4.77. The van der Waals surface area contributed by atoms with Crippen LogP contribution in [0.5, 0.6) is 0 Å². The van der Waals surface area contributed by atoms with Gasteiger partial charge in [0.05, 0.1) is 11.5 Å². The zero-order valence-electron chi connectivity index (χ0n) is 9.77. The van der Waals surface area contributed by atoms with Crippen LogP contribution < -0.4 is 5.73 Å². The Bertz CT molecular complexity index is 545. The highest BCUT2D eigenvalue weighted by atomic mass is 32.2. The Kier molecular flexibility index (Phi) is 3.68. The lowest BCUT2D eigenvalue weighted by Crippen LogP contribution is -2.33. The molecule has 6 heteroatoms. The van der Waals surface area contributed by atoms with Gasteiger partial charge >= 0.3 is 0 Å². The lowest BCUT2D eigenvalue weighted by molar-refractivity contribution is 0.452. The SMILES string of the molecule is NC(Cc1ccc(F)cc1F)C1CCS(=O)(=O)C1. The monoisotopic (exact) mass is 275 g/mol. The molecule has 0 saturated carbocycles. The molecular weight excluding hydrogens is 260 g/mol. The van der Waals surface area contributed by atoms with Gasteiger partial charge in [-0.15, -0.1) is 0 Å². The van der Waals surface area contributed by atoms with E-state index >= 15 is 0 Å². The first-order valence-electron chi connectivity index (χ1n) is 5.77. The predicted molar refractivity (Wildman–Crippen MR) is 64.8 cm³/mol. The maximum Gasteiger partial charge on any atom is 0.150 e. The topological polar surface area (TPSA) is 60.2 Å². The number of sulfone groups is 1. The maximum absolute atomic E-state index is 13.4. The van der Waals surface area contributed by atoms with E-state index in [-0.39, 0.29) is 23.8 Å². The minimum Gasteiger partial charge on any atom is -0.327 e. The molecule has 0 aliphatic carbocycles. The molecule has 1 heterocycles. The van der Waals surface area contributed by atoms with Crippen LogP contribution in [0.25, 0.3) is 0 Å². The Balaban J connectivity index is 2.05. The van der Waals surface area contributed by atoms with Crippen molar-refractivity contribution in [3.05, 3.63) is 35.4 Å². The van der Waals surface area contributed by atoms with Gasteiger partial charge in [-0.05, 0) is 30.4 Å². The van der Waals surface area contributed by atoms with Gasteiger partial charge in [0.2, 0.25) is 0 Å². The van der Waals surface area contributed by atoms with E-state index < -0.39 is 27.5 Å². The van der Waals surface area contributed by atoms with Crippen LogP contribution in [0.1, 0.15) is 12.0 Å². The van der Waals surface area contributed by atoms with E-state index in [0.717, 1.165) is 6.07 Å². The molecule has 0 bridgehead atoms. The normalized spacial score (nSPS) is 24.1. The van der Waals surface area contributed by atoms with Crippen LogP contribution in [0.3, 0.4) is 0 Å². The van der Waals surface area contributed by atoms with Gasteiger partial charge in [-0.25, -0.2) is 17.2 Å². The average molecular weight is 275 g/mol. The fraction of sp³-hybridized carbons (Fsp3) is 0.500. The van der Waals surface area contributed by atoms with Crippen molar-refractivity contribution in [3.63, 3.8) is 0 Å². The van der Waals surface area contributed by atoms with Crippen molar-refractivity contribution in [2.45, 2.75) is 18.9 Å². The van der Waals surface area contributed by atoms with E-state index in [4.69, 9.17) is 5.73 Å². The highest BCUT2D eigenvalue weighted by Gasteiger charge is 2.32. The third-order valence-electron chi connectivity index (χ3n) is 3.34. The third-order valence-corrected chi connectivity index (χ3v) is 5.14. The molecule has 1 aromatic carbocycles. The molecule has 1 saturated heterocycles. The van der Waals surface area contributed by atoms with Crippen molar-refractivity contribution in [2.24, 2.45) is 11.7 Å². The smallest absolute Gasteiger partial charge is 0.150 e. The molecule has 0 aromatic heterocycles. The van der Waals surface area contributed by atoms with Crippen LogP contribution in [0.15, 0.2) is 18.2 Å². The summed E-state index contributed by atoms with van der Waals surface area (Å²) in [6.07, 6.45) is 0.749. The summed E-state index contributed by atoms with van der Waals surface area (Å²) < 4.78 is 48.8. The van der Waals surface area contributed by atoms with Crippen molar-refractivity contribution >= 4 is 9.84 Å². The molecular formula is C12H15F2NO2S. The zero-order chi connectivity index (χ0) is 13.3. The summed E-state index contributed by atoms with van der Waals surface area (Å²) in [6, 6.07) is 2.93. The maximum atomic E-state index is 13.4. The van der Waals surface area contributed by atoms with Crippen LogP contribution in [-0.4, -0.2) is 26.0 Å². The molecule has 0 radical (unpaired) electrons. The molecule has 2 N–H and O–H groups in total. The van der Waals surface area contributed by atoms with E-state index in [1.165, 1.54) is 12.1 Å². The van der Waals surface area contributed by atoms with Crippen molar-refractivity contribution in [1.29, 1.82) is 0 Å². The Morgan fingerprint density at radius 3 is 2.67 bits per heavy atom. The fourth-order valence-corrected chi connectivity index (χ4v) is 4.16. The summed E-state index contributed by atoms with van der Waals surface area (Å²) in [4.78, 5) is 0. The minimum atomic E-state index is -2.98. The molecule has 0 spiro atoms. The Morgan fingerprint density at radius 1 is 1.39 bits per heavy atom. The zero-order valence-corrected chi connectivity index (χ0v) is 10.6. The van der Waals surface area contributed by atoms with Gasteiger partial charge < -0.3 is 5.73 Å². The molecule has 2 rings (SSSR count). The van der Waals surface area contributed by atoms with Gasteiger partial charge in [-0.1, -0.05) is 6.07 Å². The third kappa shape index (κ3) is 3.05. The van der Waals surface area contributed by atoms with Crippen LogP contribution in [0.2, 0.25) is 0 Å². The van der Waals surface area contributed by atoms with Crippen molar-refractivity contribution in [1.82, 2.24) is 0 Å². The summed E-state index contributed by atoms with van der Waals surface area (Å²) in [5, 5.41) is 0. The summed E-state index contributed by atoms with van der Waals surface area (Å²) in [6.45, 7) is 0. The molecule has 1 fully saturated rings. The van der Waals surface area contributed by atoms with Gasteiger partial charge in [0.25, 0.3) is 0 Å². The Labute approximate surface area is 105 Å². The van der Waals surface area contributed by atoms with Crippen molar-refractivity contribution in [2.75, 3.05) is 11.5 Å². The average Bonchev–Trinajstić information content (AvgIpc) is 2.63. The standard InChI is InChI=1S/C12H15F2NO2S/c13-10-2-1-8(11(14)6-10)5-12(15)9-3-4-18(16,17)7-9/h1-2,6,9,12H,3-5,7,15H2. The van der Waals surface area contributed by atoms with Crippen LogP contribution >= 0.6 is 0 Å².